The SMILES string of the molecule is [2H]c1c([2H])c([2H])c2c(-c3ccccc3-c3ccccc3)c3c([2H])c([2H])c([2H])c([2H])c3c(-c3ccc4ccccc4c3)c2c1[2H]. The molecule has 7 rings (SSSR count). The van der Waals surface area contributed by atoms with Crippen molar-refractivity contribution < 1.29 is 11.0 Å². The normalized spacial score (nSPS) is 14.4. The Morgan fingerprint density at radius 2 is 0.917 bits per heavy atom. The maximum atomic E-state index is 9.19. The summed E-state index contributed by atoms with van der Waals surface area (Å²) >= 11 is 0. The Kier molecular flexibility index (Phi) is 3.32. The van der Waals surface area contributed by atoms with E-state index in [1.165, 1.54) is 0 Å². The molecule has 7 aromatic carbocycles. The minimum Gasteiger partial charge on any atom is -0.0622 e. The zero-order valence-electron chi connectivity index (χ0n) is 27.2. The summed E-state index contributed by atoms with van der Waals surface area (Å²) in [6.45, 7) is 0. The number of hydrogen-bond donors (Lipinski definition) is 0. The van der Waals surface area contributed by atoms with Crippen molar-refractivity contribution in [1.29, 1.82) is 0 Å². The van der Waals surface area contributed by atoms with Gasteiger partial charge in [-0.25, -0.2) is 0 Å². The molecule has 0 heterocycles. The smallest absolute Gasteiger partial charge is 0.0622 e. The van der Waals surface area contributed by atoms with Gasteiger partial charge in [0.2, 0.25) is 0 Å². The van der Waals surface area contributed by atoms with E-state index >= 15 is 0 Å². The first kappa shape index (κ1) is 14.0. The maximum Gasteiger partial charge on any atom is 0.0629 e. The minimum atomic E-state index is -0.411. The van der Waals surface area contributed by atoms with Crippen LogP contribution >= 0.6 is 0 Å². The third-order valence-electron chi connectivity index (χ3n) is 6.69. The first-order chi connectivity index (χ1) is 21.2. The van der Waals surface area contributed by atoms with E-state index in [1.54, 1.807) is 0 Å². The van der Waals surface area contributed by atoms with E-state index in [9.17, 15) is 2.74 Å². The zero-order valence-corrected chi connectivity index (χ0v) is 19.2. The standard InChI is InChI=1S/C36H24/c1-2-13-26(14-3-1)29-16-6-7-17-30(29)36-33-20-10-8-18-31(33)35(32-19-9-11-21-34(32)36)28-23-22-25-12-4-5-15-27(25)24-28/h1-24H/i8D,9D,10D,11D,18D,19D,20D,21D. The molecule has 0 radical (unpaired) electrons. The van der Waals surface area contributed by atoms with Gasteiger partial charge in [0.15, 0.2) is 0 Å². The molecule has 36 heavy (non-hydrogen) atoms. The van der Waals surface area contributed by atoms with Crippen molar-refractivity contribution in [2.45, 2.75) is 0 Å². The van der Waals surface area contributed by atoms with Crippen LogP contribution in [0.25, 0.3) is 65.7 Å². The van der Waals surface area contributed by atoms with Crippen LogP contribution in [-0.2, 0) is 0 Å². The largest absolute Gasteiger partial charge is 0.0629 e. The molecular formula is C36H24. The van der Waals surface area contributed by atoms with Crippen LogP contribution in [0, 0.1) is 0 Å². The second-order valence-corrected chi connectivity index (χ2v) is 8.72. The minimum absolute atomic E-state index is 0.208. The number of rotatable bonds is 3. The zero-order chi connectivity index (χ0) is 30.9. The summed E-state index contributed by atoms with van der Waals surface area (Å²) in [4.78, 5) is 0. The topological polar surface area (TPSA) is 0 Å². The summed E-state index contributed by atoms with van der Waals surface area (Å²) in [5.41, 5.74) is 3.53. The van der Waals surface area contributed by atoms with Crippen molar-refractivity contribution in [2.75, 3.05) is 0 Å². The Hall–Kier alpha value is -4.68. The van der Waals surface area contributed by atoms with Crippen LogP contribution in [0.1, 0.15) is 11.0 Å². The Labute approximate surface area is 222 Å². The molecule has 0 unspecified atom stereocenters. The number of fused-ring (bicyclic) bond motifs is 3. The molecule has 0 fully saturated rings. The fourth-order valence-corrected chi connectivity index (χ4v) is 5.10. The van der Waals surface area contributed by atoms with Crippen molar-refractivity contribution in [1.82, 2.24) is 0 Å². The molecule has 0 saturated heterocycles. The van der Waals surface area contributed by atoms with Crippen molar-refractivity contribution >= 4 is 32.3 Å². The third-order valence-corrected chi connectivity index (χ3v) is 6.69. The van der Waals surface area contributed by atoms with Crippen molar-refractivity contribution in [3.63, 3.8) is 0 Å². The molecule has 0 bridgehead atoms. The molecule has 0 amide bonds. The van der Waals surface area contributed by atoms with Crippen LogP contribution in [0.2, 0.25) is 0 Å². The Bertz CT molecular complexity index is 2230. The van der Waals surface area contributed by atoms with E-state index in [1.807, 2.05) is 97.1 Å². The van der Waals surface area contributed by atoms with Crippen LogP contribution in [0.5, 0.6) is 0 Å². The van der Waals surface area contributed by atoms with E-state index in [-0.39, 0.29) is 45.7 Å². The average Bonchev–Trinajstić information content (AvgIpc) is 3.06. The van der Waals surface area contributed by atoms with Crippen LogP contribution < -0.4 is 0 Å². The lowest BCUT2D eigenvalue weighted by molar-refractivity contribution is 1.61. The van der Waals surface area contributed by atoms with Gasteiger partial charge in [0.05, 0.1) is 11.0 Å². The predicted molar refractivity (Wildman–Crippen MR) is 155 cm³/mol. The lowest BCUT2D eigenvalue weighted by atomic mass is 9.83. The summed E-state index contributed by atoms with van der Waals surface area (Å²) < 4.78 is 71.3. The van der Waals surface area contributed by atoms with Gasteiger partial charge in [0, 0.05) is 0 Å². The highest BCUT2D eigenvalue weighted by molar-refractivity contribution is 6.22. The van der Waals surface area contributed by atoms with Gasteiger partial charge in [-0.05, 0) is 71.8 Å². The molecule has 0 N–H and O–H groups in total. The van der Waals surface area contributed by atoms with E-state index in [0.717, 1.165) is 21.9 Å². The Morgan fingerprint density at radius 3 is 1.58 bits per heavy atom. The highest BCUT2D eigenvalue weighted by Crippen LogP contribution is 2.46. The molecule has 0 aromatic heterocycles. The van der Waals surface area contributed by atoms with Gasteiger partial charge in [0.25, 0.3) is 0 Å². The van der Waals surface area contributed by atoms with Gasteiger partial charge >= 0.3 is 0 Å². The highest BCUT2D eigenvalue weighted by atomic mass is 14.2. The maximum absolute atomic E-state index is 9.19. The van der Waals surface area contributed by atoms with Crippen molar-refractivity contribution in [2.24, 2.45) is 0 Å². The van der Waals surface area contributed by atoms with E-state index in [0.29, 0.717) is 22.3 Å². The summed E-state index contributed by atoms with van der Waals surface area (Å²) in [6, 6.07) is 27.8. The molecule has 0 aliphatic rings. The summed E-state index contributed by atoms with van der Waals surface area (Å²) in [5.74, 6) is 0. The van der Waals surface area contributed by atoms with Crippen molar-refractivity contribution in [3.05, 3.63) is 145 Å². The first-order valence-electron chi connectivity index (χ1n) is 15.8. The summed E-state index contributed by atoms with van der Waals surface area (Å²) in [7, 11) is 0. The predicted octanol–water partition coefficient (Wildman–Crippen LogP) is 10.1. The molecule has 0 nitrogen and oxygen atoms in total. The van der Waals surface area contributed by atoms with Crippen LogP contribution in [-0.4, -0.2) is 0 Å². The number of hydrogen-bond acceptors (Lipinski definition) is 0. The van der Waals surface area contributed by atoms with Crippen LogP contribution in [0.4, 0.5) is 0 Å². The monoisotopic (exact) mass is 464 g/mol. The quantitative estimate of drug-likeness (QED) is 0.228. The Morgan fingerprint density at radius 1 is 0.389 bits per heavy atom. The molecule has 0 atom stereocenters. The van der Waals surface area contributed by atoms with Gasteiger partial charge in [-0.3, -0.25) is 0 Å². The first-order valence-corrected chi connectivity index (χ1v) is 11.8. The average molecular weight is 465 g/mol. The van der Waals surface area contributed by atoms with Gasteiger partial charge in [0.1, 0.15) is 0 Å². The lowest BCUT2D eigenvalue weighted by Gasteiger charge is -2.20. The van der Waals surface area contributed by atoms with E-state index < -0.39 is 24.2 Å². The van der Waals surface area contributed by atoms with Crippen molar-refractivity contribution in [3.8, 4) is 33.4 Å². The fraction of sp³-hybridized carbons (Fsp3) is 0. The van der Waals surface area contributed by atoms with Gasteiger partial charge < -0.3 is 0 Å². The molecule has 0 saturated carbocycles. The number of benzene rings is 7. The van der Waals surface area contributed by atoms with Gasteiger partial charge in [-0.2, -0.15) is 0 Å². The van der Waals surface area contributed by atoms with Crippen LogP contribution in [0.15, 0.2) is 145 Å². The van der Waals surface area contributed by atoms with E-state index in [4.69, 9.17) is 8.22 Å². The molecule has 0 aliphatic heterocycles. The summed E-state index contributed by atoms with van der Waals surface area (Å²) in [6.07, 6.45) is 0. The lowest BCUT2D eigenvalue weighted by Crippen LogP contribution is -1.92. The third kappa shape index (κ3) is 3.31. The molecule has 0 aliphatic carbocycles. The summed E-state index contributed by atoms with van der Waals surface area (Å²) in [5, 5.41) is 2.71. The second kappa shape index (κ2) is 8.52. The second-order valence-electron chi connectivity index (χ2n) is 8.72. The molecule has 0 spiro atoms. The highest BCUT2D eigenvalue weighted by Gasteiger charge is 2.18. The molecular weight excluding hydrogens is 432 g/mol. The molecule has 0 heteroatoms. The molecule has 168 valence electrons. The Balaban J connectivity index is 1.81. The van der Waals surface area contributed by atoms with Gasteiger partial charge in [-0.15, -0.1) is 0 Å². The van der Waals surface area contributed by atoms with Crippen LogP contribution in [0.3, 0.4) is 0 Å². The van der Waals surface area contributed by atoms with E-state index in [2.05, 4.69) is 0 Å². The fourth-order valence-electron chi connectivity index (χ4n) is 5.10. The molecule has 7 aromatic rings. The van der Waals surface area contributed by atoms with Gasteiger partial charge in [-0.1, -0.05) is 139 Å².